The number of aliphatic hydroxyl groups excluding tert-OH is 1. The summed E-state index contributed by atoms with van der Waals surface area (Å²) in [5.74, 6) is 0. The maximum Gasteiger partial charge on any atom is 0.0802 e. The van der Waals surface area contributed by atoms with Gasteiger partial charge in [0.05, 0.1) is 6.10 Å². The molecule has 0 fully saturated rings. The molecule has 1 rings (SSSR count). The molecule has 3 N–H and O–H groups in total. The van der Waals surface area contributed by atoms with Crippen molar-refractivity contribution in [1.29, 1.82) is 0 Å². The van der Waals surface area contributed by atoms with Gasteiger partial charge < -0.3 is 10.8 Å². The first-order chi connectivity index (χ1) is 5.34. The van der Waals surface area contributed by atoms with E-state index in [1.54, 1.807) is 12.1 Å². The third-order valence-corrected chi connectivity index (χ3v) is 1.57. The Balaban J connectivity index is 2.61. The lowest BCUT2D eigenvalue weighted by Gasteiger charge is -2.07. The Morgan fingerprint density at radius 1 is 1.45 bits per heavy atom. The number of benzene rings is 1. The lowest BCUT2D eigenvalue weighted by molar-refractivity contribution is 0.170. The molecule has 0 saturated heterocycles. The largest absolute Gasteiger partial charge is 0.388 e. The van der Waals surface area contributed by atoms with Crippen LogP contribution in [-0.4, -0.2) is 11.7 Å². The van der Waals surface area contributed by atoms with E-state index in [0.29, 0.717) is 13.0 Å². The summed E-state index contributed by atoms with van der Waals surface area (Å²) in [6.45, 7) is 0.514. The summed E-state index contributed by atoms with van der Waals surface area (Å²) < 4.78 is 0. The minimum absolute atomic E-state index is 0.422. The van der Waals surface area contributed by atoms with Gasteiger partial charge in [-0.2, -0.15) is 0 Å². The molecule has 0 aliphatic rings. The van der Waals surface area contributed by atoms with E-state index in [1.165, 1.54) is 0 Å². The molecule has 1 aromatic carbocycles. The highest BCUT2D eigenvalue weighted by Gasteiger charge is 2.03. The van der Waals surface area contributed by atoms with Crippen LogP contribution in [0.25, 0.3) is 0 Å². The molecule has 0 bridgehead atoms. The predicted octanol–water partition coefficient (Wildman–Crippen LogP) is 0.869. The Bertz CT molecular complexity index is 198. The molecule has 0 aliphatic heterocycles. The zero-order valence-corrected chi connectivity index (χ0v) is 6.33. The fourth-order valence-corrected chi connectivity index (χ4v) is 0.946. The molecular weight excluding hydrogens is 138 g/mol. The van der Waals surface area contributed by atoms with Crippen LogP contribution in [0.5, 0.6) is 0 Å². The van der Waals surface area contributed by atoms with Gasteiger partial charge in [0.25, 0.3) is 0 Å². The maximum absolute atomic E-state index is 9.43. The van der Waals surface area contributed by atoms with Crippen LogP contribution >= 0.6 is 0 Å². The zero-order chi connectivity index (χ0) is 8.10. The highest BCUT2D eigenvalue weighted by molar-refractivity contribution is 5.16. The van der Waals surface area contributed by atoms with Crippen molar-refractivity contribution in [3.63, 3.8) is 0 Å². The lowest BCUT2D eigenvalue weighted by atomic mass is 10.1. The number of aliphatic hydroxyl groups is 1. The van der Waals surface area contributed by atoms with Gasteiger partial charge in [-0.1, -0.05) is 24.3 Å². The average molecular weight is 150 g/mol. The van der Waals surface area contributed by atoms with Crippen LogP contribution in [0.15, 0.2) is 24.3 Å². The van der Waals surface area contributed by atoms with Crippen molar-refractivity contribution >= 4 is 0 Å². The molecule has 0 saturated carbocycles. The predicted molar refractivity (Wildman–Crippen MR) is 43.9 cm³/mol. The van der Waals surface area contributed by atoms with Crippen molar-refractivity contribution in [3.05, 3.63) is 35.9 Å². The molecule has 1 unspecified atom stereocenters. The van der Waals surface area contributed by atoms with Crippen LogP contribution in [0.3, 0.4) is 0 Å². The van der Waals surface area contributed by atoms with Crippen molar-refractivity contribution in [1.82, 2.24) is 0 Å². The molecule has 0 aliphatic carbocycles. The maximum atomic E-state index is 9.43. The average Bonchev–Trinajstić information content (AvgIpc) is 2.07. The Labute approximate surface area is 66.7 Å². The van der Waals surface area contributed by atoms with Crippen molar-refractivity contribution in [3.8, 4) is 0 Å². The van der Waals surface area contributed by atoms with E-state index < -0.39 is 6.10 Å². The summed E-state index contributed by atoms with van der Waals surface area (Å²) in [5, 5.41) is 9.43. The van der Waals surface area contributed by atoms with E-state index in [-0.39, 0.29) is 0 Å². The third kappa shape index (κ3) is 2.33. The van der Waals surface area contributed by atoms with Crippen molar-refractivity contribution in [2.24, 2.45) is 5.73 Å². The molecule has 11 heavy (non-hydrogen) atoms. The summed E-state index contributed by atoms with van der Waals surface area (Å²) in [5.41, 5.74) is 6.21. The van der Waals surface area contributed by atoms with Gasteiger partial charge in [-0.05, 0) is 24.6 Å². The van der Waals surface area contributed by atoms with E-state index in [9.17, 15) is 5.11 Å². The number of rotatable bonds is 3. The topological polar surface area (TPSA) is 46.2 Å². The zero-order valence-electron chi connectivity index (χ0n) is 6.33. The van der Waals surface area contributed by atoms with Gasteiger partial charge in [0.2, 0.25) is 0 Å². The van der Waals surface area contributed by atoms with Crippen molar-refractivity contribution < 1.29 is 5.11 Å². The summed E-state index contributed by atoms with van der Waals surface area (Å²) in [6, 6.07) is 10.2. The Hall–Kier alpha value is -0.860. The van der Waals surface area contributed by atoms with E-state index in [1.807, 2.05) is 12.1 Å². The van der Waals surface area contributed by atoms with Crippen LogP contribution in [-0.2, 0) is 0 Å². The Morgan fingerprint density at radius 3 is 2.64 bits per heavy atom. The van der Waals surface area contributed by atoms with Crippen LogP contribution < -0.4 is 5.73 Å². The third-order valence-electron chi connectivity index (χ3n) is 1.57. The summed E-state index contributed by atoms with van der Waals surface area (Å²) in [7, 11) is 0. The lowest BCUT2D eigenvalue weighted by Crippen LogP contribution is -2.06. The molecule has 1 aromatic rings. The molecule has 0 heterocycles. The molecule has 0 aromatic heterocycles. The van der Waals surface area contributed by atoms with E-state index in [2.05, 4.69) is 6.07 Å². The quantitative estimate of drug-likeness (QED) is 0.671. The van der Waals surface area contributed by atoms with E-state index >= 15 is 0 Å². The molecule has 0 spiro atoms. The monoisotopic (exact) mass is 150 g/mol. The minimum Gasteiger partial charge on any atom is -0.388 e. The Morgan fingerprint density at radius 2 is 2.09 bits per heavy atom. The fraction of sp³-hybridized carbons (Fsp3) is 0.333. The molecule has 1 atom stereocenters. The normalized spacial score (nSPS) is 12.9. The van der Waals surface area contributed by atoms with Crippen molar-refractivity contribution in [2.75, 3.05) is 6.54 Å². The standard InChI is InChI=1S/C9H12NO/c10-7-6-9(11)8-4-2-1-3-5-8/h2-5,9,11H,6-7,10H2. The van der Waals surface area contributed by atoms with Gasteiger partial charge in [0, 0.05) is 0 Å². The number of hydrogen-bond acceptors (Lipinski definition) is 2. The minimum atomic E-state index is -0.422. The van der Waals surface area contributed by atoms with Gasteiger partial charge in [0.1, 0.15) is 0 Å². The molecule has 1 radical (unpaired) electrons. The van der Waals surface area contributed by atoms with Gasteiger partial charge in [-0.25, -0.2) is 0 Å². The van der Waals surface area contributed by atoms with Gasteiger partial charge in [0.15, 0.2) is 0 Å². The fourth-order valence-electron chi connectivity index (χ4n) is 0.946. The van der Waals surface area contributed by atoms with Gasteiger partial charge >= 0.3 is 0 Å². The number of nitrogens with two attached hydrogens (primary N) is 1. The van der Waals surface area contributed by atoms with Crippen LogP contribution in [0.1, 0.15) is 18.1 Å². The van der Waals surface area contributed by atoms with Crippen molar-refractivity contribution in [2.45, 2.75) is 12.5 Å². The highest BCUT2D eigenvalue weighted by atomic mass is 16.3. The van der Waals surface area contributed by atoms with E-state index in [0.717, 1.165) is 5.56 Å². The molecule has 2 heteroatoms. The molecule has 59 valence electrons. The summed E-state index contributed by atoms with van der Waals surface area (Å²) in [6.07, 6.45) is 0.193. The molecule has 0 amide bonds. The first-order valence-corrected chi connectivity index (χ1v) is 3.68. The second-order valence-electron chi connectivity index (χ2n) is 2.43. The SMILES string of the molecule is NCCC(O)c1cc[c]cc1. The summed E-state index contributed by atoms with van der Waals surface area (Å²) in [4.78, 5) is 0. The van der Waals surface area contributed by atoms with Crippen LogP contribution in [0, 0.1) is 6.07 Å². The Kier molecular flexibility index (Phi) is 3.08. The number of hydrogen-bond donors (Lipinski definition) is 2. The smallest absolute Gasteiger partial charge is 0.0802 e. The molecular formula is C9H12NO. The second kappa shape index (κ2) is 4.11. The summed E-state index contributed by atoms with van der Waals surface area (Å²) >= 11 is 0. The van der Waals surface area contributed by atoms with Gasteiger partial charge in [-0.15, -0.1) is 0 Å². The van der Waals surface area contributed by atoms with E-state index in [4.69, 9.17) is 5.73 Å². The van der Waals surface area contributed by atoms with Gasteiger partial charge in [-0.3, -0.25) is 0 Å². The van der Waals surface area contributed by atoms with Crippen LogP contribution in [0.4, 0.5) is 0 Å². The second-order valence-corrected chi connectivity index (χ2v) is 2.43. The van der Waals surface area contributed by atoms with Crippen LogP contribution in [0.2, 0.25) is 0 Å². The highest BCUT2D eigenvalue weighted by Crippen LogP contribution is 2.13. The first kappa shape index (κ1) is 8.24. The first-order valence-electron chi connectivity index (χ1n) is 3.68. The molecule has 2 nitrogen and oxygen atoms in total.